The molecule has 1 aliphatic carbocycles. The van der Waals surface area contributed by atoms with Crippen molar-refractivity contribution in [1.82, 2.24) is 34.2 Å². The number of nitrogens with one attached hydrogen (secondary N) is 1. The molecular formula is C29H33F3N8O4S. The minimum absolute atomic E-state index is 0.0178. The maximum absolute atomic E-state index is 13.2. The van der Waals surface area contributed by atoms with Gasteiger partial charge in [-0.25, -0.2) is 13.4 Å². The van der Waals surface area contributed by atoms with Crippen LogP contribution in [-0.4, -0.2) is 79.7 Å². The Balaban J connectivity index is 1.05. The number of nitrogens with zero attached hydrogens (tertiary/aromatic N) is 7. The van der Waals surface area contributed by atoms with E-state index >= 15 is 0 Å². The van der Waals surface area contributed by atoms with Crippen LogP contribution in [0.25, 0.3) is 16.7 Å². The van der Waals surface area contributed by atoms with Crippen LogP contribution < -0.4 is 10.1 Å². The number of hydrogen-bond acceptors (Lipinski definition) is 9. The molecule has 240 valence electrons. The van der Waals surface area contributed by atoms with Crippen molar-refractivity contribution < 1.29 is 31.1 Å². The summed E-state index contributed by atoms with van der Waals surface area (Å²) < 4.78 is 71.1. The van der Waals surface area contributed by atoms with Gasteiger partial charge in [0.05, 0.1) is 24.4 Å². The predicted molar refractivity (Wildman–Crippen MR) is 158 cm³/mol. The van der Waals surface area contributed by atoms with E-state index in [9.17, 15) is 26.4 Å². The minimum Gasteiger partial charge on any atom is -0.493 e. The van der Waals surface area contributed by atoms with E-state index in [0.717, 1.165) is 28.3 Å². The molecule has 12 nitrogen and oxygen atoms in total. The fourth-order valence-electron chi connectivity index (χ4n) is 6.00. The van der Waals surface area contributed by atoms with Gasteiger partial charge >= 0.3 is 6.18 Å². The number of halogens is 3. The molecule has 1 amide bonds. The number of ether oxygens (including phenoxy) is 1. The van der Waals surface area contributed by atoms with E-state index in [2.05, 4.69) is 20.5 Å². The SMILES string of the molecule is CS(=O)(=O)CCCOc1cccc2c1ccn2-c1ccnc(NC2CCC(C(=O)N3CCn4c(nnc4C(F)(F)F)C3)CC2)n1. The lowest BCUT2D eigenvalue weighted by Gasteiger charge is -2.34. The molecule has 4 heterocycles. The highest BCUT2D eigenvalue weighted by atomic mass is 32.2. The number of benzene rings is 1. The monoisotopic (exact) mass is 646 g/mol. The van der Waals surface area contributed by atoms with Crippen molar-refractivity contribution >= 4 is 32.6 Å². The summed E-state index contributed by atoms with van der Waals surface area (Å²) in [7, 11) is -3.05. The number of anilines is 1. The van der Waals surface area contributed by atoms with Crippen molar-refractivity contribution in [2.75, 3.05) is 30.5 Å². The standard InChI is InChI=1S/C29H33F3N8O4S/c1-45(42,43)17-3-16-44-23-5-2-4-22-21(23)11-13-39(22)24-10-12-33-28(35-24)34-20-8-6-19(7-9-20)26(41)38-14-15-40-25(18-38)36-37-27(40)29(30,31)32/h2,4-5,10-13,19-20H,3,6-9,14-18H2,1H3,(H,33,34,35). The lowest BCUT2D eigenvalue weighted by atomic mass is 9.85. The Kier molecular flexibility index (Phi) is 8.41. The van der Waals surface area contributed by atoms with Gasteiger partial charge in [0.1, 0.15) is 21.4 Å². The van der Waals surface area contributed by atoms with Gasteiger partial charge in [0, 0.05) is 49.1 Å². The minimum atomic E-state index is -4.58. The van der Waals surface area contributed by atoms with Crippen molar-refractivity contribution in [2.45, 2.75) is 57.4 Å². The van der Waals surface area contributed by atoms with Gasteiger partial charge < -0.3 is 24.1 Å². The zero-order chi connectivity index (χ0) is 31.8. The first-order valence-electron chi connectivity index (χ1n) is 14.7. The van der Waals surface area contributed by atoms with E-state index in [0.29, 0.717) is 36.8 Å². The summed E-state index contributed by atoms with van der Waals surface area (Å²) >= 11 is 0. The van der Waals surface area contributed by atoms with Gasteiger partial charge in [0.25, 0.3) is 0 Å². The molecule has 2 aliphatic rings. The van der Waals surface area contributed by atoms with Crippen molar-refractivity contribution in [3.8, 4) is 11.6 Å². The second kappa shape index (κ2) is 12.3. The number of alkyl halides is 3. The fourth-order valence-corrected chi connectivity index (χ4v) is 6.64. The molecular weight excluding hydrogens is 613 g/mol. The van der Waals surface area contributed by atoms with Gasteiger partial charge in [-0.3, -0.25) is 4.79 Å². The summed E-state index contributed by atoms with van der Waals surface area (Å²) in [6.07, 6.45) is 3.33. The molecule has 1 fully saturated rings. The number of aromatic nitrogens is 6. The van der Waals surface area contributed by atoms with Gasteiger partial charge in [0.2, 0.25) is 17.7 Å². The van der Waals surface area contributed by atoms with Crippen LogP contribution in [0.5, 0.6) is 5.75 Å². The van der Waals surface area contributed by atoms with Crippen molar-refractivity contribution in [2.24, 2.45) is 5.92 Å². The van der Waals surface area contributed by atoms with Crippen LogP contribution in [0, 0.1) is 5.92 Å². The summed E-state index contributed by atoms with van der Waals surface area (Å²) in [5.41, 5.74) is 0.880. The molecule has 1 aliphatic heterocycles. The Bertz CT molecular complexity index is 1800. The van der Waals surface area contributed by atoms with Crippen LogP contribution >= 0.6 is 0 Å². The molecule has 6 rings (SSSR count). The fraction of sp³-hybridized carbons (Fsp3) is 0.483. The molecule has 1 N–H and O–H groups in total. The van der Waals surface area contributed by atoms with Gasteiger partial charge in [-0.2, -0.15) is 18.2 Å². The van der Waals surface area contributed by atoms with Crippen LogP contribution in [0.2, 0.25) is 0 Å². The molecule has 1 saturated carbocycles. The normalized spacial score (nSPS) is 19.0. The lowest BCUT2D eigenvalue weighted by molar-refractivity contribution is -0.148. The number of fused-ring (bicyclic) bond motifs is 2. The number of rotatable bonds is 9. The molecule has 1 aromatic carbocycles. The molecule has 4 aromatic rings. The molecule has 3 aromatic heterocycles. The largest absolute Gasteiger partial charge is 0.493 e. The second-order valence-electron chi connectivity index (χ2n) is 11.5. The van der Waals surface area contributed by atoms with Crippen molar-refractivity contribution in [1.29, 1.82) is 0 Å². The van der Waals surface area contributed by atoms with Crippen molar-refractivity contribution in [3.05, 3.63) is 54.4 Å². The number of carbonyl (C=O) groups excluding carboxylic acids is 1. The zero-order valence-corrected chi connectivity index (χ0v) is 25.4. The Morgan fingerprint density at radius 3 is 2.64 bits per heavy atom. The third kappa shape index (κ3) is 6.89. The molecule has 0 saturated heterocycles. The second-order valence-corrected chi connectivity index (χ2v) is 13.7. The van der Waals surface area contributed by atoms with Crippen LogP contribution in [-0.2, 0) is 33.9 Å². The average molecular weight is 647 g/mol. The third-order valence-electron chi connectivity index (χ3n) is 8.23. The molecule has 0 atom stereocenters. The molecule has 0 bridgehead atoms. The summed E-state index contributed by atoms with van der Waals surface area (Å²) in [5.74, 6) is 0.713. The van der Waals surface area contributed by atoms with E-state index in [1.807, 2.05) is 35.0 Å². The lowest BCUT2D eigenvalue weighted by Crippen LogP contribution is -2.43. The Hall–Kier alpha value is -4.21. The molecule has 0 spiro atoms. The first-order chi connectivity index (χ1) is 21.5. The molecule has 0 radical (unpaired) electrons. The molecule has 45 heavy (non-hydrogen) atoms. The summed E-state index contributed by atoms with van der Waals surface area (Å²) in [6, 6.07) is 9.47. The summed E-state index contributed by atoms with van der Waals surface area (Å²) in [6.45, 7) is 0.516. The van der Waals surface area contributed by atoms with E-state index in [-0.39, 0.29) is 55.7 Å². The highest BCUT2D eigenvalue weighted by Gasteiger charge is 2.40. The third-order valence-corrected chi connectivity index (χ3v) is 9.26. The Morgan fingerprint density at radius 2 is 1.89 bits per heavy atom. The number of carbonyl (C=O) groups is 1. The van der Waals surface area contributed by atoms with Gasteiger partial charge in [-0.15, -0.1) is 10.2 Å². The molecule has 16 heteroatoms. The van der Waals surface area contributed by atoms with Crippen LogP contribution in [0.15, 0.2) is 42.7 Å². The maximum atomic E-state index is 13.2. The van der Waals surface area contributed by atoms with Crippen LogP contribution in [0.1, 0.15) is 43.8 Å². The predicted octanol–water partition coefficient (Wildman–Crippen LogP) is 3.86. The van der Waals surface area contributed by atoms with E-state index < -0.39 is 21.8 Å². The topological polar surface area (TPSA) is 137 Å². The average Bonchev–Trinajstić information content (AvgIpc) is 3.64. The van der Waals surface area contributed by atoms with Gasteiger partial charge in [0.15, 0.2) is 5.82 Å². The number of hydrogen-bond donors (Lipinski definition) is 1. The molecule has 0 unspecified atom stereocenters. The highest BCUT2D eigenvalue weighted by molar-refractivity contribution is 7.90. The van der Waals surface area contributed by atoms with E-state index in [1.165, 1.54) is 6.26 Å². The summed E-state index contributed by atoms with van der Waals surface area (Å²) in [4.78, 5) is 23.9. The van der Waals surface area contributed by atoms with E-state index in [4.69, 9.17) is 9.72 Å². The van der Waals surface area contributed by atoms with Gasteiger partial charge in [-0.05, 0) is 56.4 Å². The maximum Gasteiger partial charge on any atom is 0.451 e. The number of sulfone groups is 1. The number of amides is 1. The van der Waals surface area contributed by atoms with E-state index in [1.54, 1.807) is 17.2 Å². The zero-order valence-electron chi connectivity index (χ0n) is 24.6. The Morgan fingerprint density at radius 1 is 1.09 bits per heavy atom. The Labute approximate surface area is 257 Å². The quantitative estimate of drug-likeness (QED) is 0.269. The first kappa shape index (κ1) is 30.8. The van der Waals surface area contributed by atoms with Crippen LogP contribution in [0.3, 0.4) is 0 Å². The van der Waals surface area contributed by atoms with Crippen LogP contribution in [0.4, 0.5) is 19.1 Å². The highest BCUT2D eigenvalue weighted by Crippen LogP contribution is 2.32. The van der Waals surface area contributed by atoms with Gasteiger partial charge in [-0.1, -0.05) is 6.07 Å². The van der Waals surface area contributed by atoms with Crippen molar-refractivity contribution in [3.63, 3.8) is 0 Å². The summed E-state index contributed by atoms with van der Waals surface area (Å²) in [5, 5.41) is 11.2. The first-order valence-corrected chi connectivity index (χ1v) is 16.8. The smallest absolute Gasteiger partial charge is 0.451 e.